The van der Waals surface area contributed by atoms with Crippen LogP contribution in [0, 0.1) is 6.92 Å². The number of rotatable bonds is 4. The fourth-order valence-electron chi connectivity index (χ4n) is 2.07. The van der Waals surface area contributed by atoms with Crippen molar-refractivity contribution in [3.8, 4) is 5.75 Å². The number of imidazole rings is 1. The summed E-state index contributed by atoms with van der Waals surface area (Å²) >= 11 is 3.48. The van der Waals surface area contributed by atoms with Crippen molar-refractivity contribution in [3.63, 3.8) is 0 Å². The summed E-state index contributed by atoms with van der Waals surface area (Å²) in [5.41, 5.74) is 3.73. The standard InChI is InChI=1S/C14H17BrN2O/c1-10-8-11(5-7-13(10)18-3)4-6-12-14(15)16-9-17(12)2/h5,7-9H,4,6H2,1-3H3. The molecule has 2 aromatic rings. The molecule has 2 rings (SSSR count). The lowest BCUT2D eigenvalue weighted by atomic mass is 10.1. The molecule has 1 heterocycles. The van der Waals surface area contributed by atoms with Crippen LogP contribution < -0.4 is 4.74 Å². The minimum Gasteiger partial charge on any atom is -0.496 e. The summed E-state index contributed by atoms with van der Waals surface area (Å²) in [6.07, 6.45) is 3.81. The van der Waals surface area contributed by atoms with Crippen molar-refractivity contribution in [2.45, 2.75) is 19.8 Å². The number of hydrogen-bond donors (Lipinski definition) is 0. The number of hydrogen-bond acceptors (Lipinski definition) is 2. The average Bonchev–Trinajstić information content (AvgIpc) is 2.67. The van der Waals surface area contributed by atoms with Crippen molar-refractivity contribution >= 4 is 15.9 Å². The van der Waals surface area contributed by atoms with E-state index in [0.717, 1.165) is 23.2 Å². The van der Waals surface area contributed by atoms with Gasteiger partial charge in [-0.3, -0.25) is 0 Å². The second-order valence-electron chi connectivity index (χ2n) is 4.40. The Balaban J connectivity index is 2.09. The van der Waals surface area contributed by atoms with Crippen LogP contribution in [-0.2, 0) is 19.9 Å². The number of benzene rings is 1. The van der Waals surface area contributed by atoms with Gasteiger partial charge in [-0.15, -0.1) is 0 Å². The van der Waals surface area contributed by atoms with E-state index >= 15 is 0 Å². The maximum atomic E-state index is 5.27. The van der Waals surface area contributed by atoms with Gasteiger partial charge in [0.05, 0.1) is 19.1 Å². The highest BCUT2D eigenvalue weighted by atomic mass is 79.9. The smallest absolute Gasteiger partial charge is 0.127 e. The van der Waals surface area contributed by atoms with E-state index in [1.165, 1.54) is 16.8 Å². The maximum Gasteiger partial charge on any atom is 0.127 e. The van der Waals surface area contributed by atoms with Crippen molar-refractivity contribution < 1.29 is 4.74 Å². The molecule has 0 bridgehead atoms. The van der Waals surface area contributed by atoms with Gasteiger partial charge >= 0.3 is 0 Å². The zero-order chi connectivity index (χ0) is 13.1. The minimum atomic E-state index is 0.940. The van der Waals surface area contributed by atoms with Crippen LogP contribution in [-0.4, -0.2) is 16.7 Å². The van der Waals surface area contributed by atoms with E-state index in [4.69, 9.17) is 4.74 Å². The molecule has 0 spiro atoms. The van der Waals surface area contributed by atoms with Gasteiger partial charge in [0.15, 0.2) is 0 Å². The monoisotopic (exact) mass is 308 g/mol. The van der Waals surface area contributed by atoms with Crippen molar-refractivity contribution in [1.29, 1.82) is 0 Å². The third-order valence-corrected chi connectivity index (χ3v) is 3.78. The Morgan fingerprint density at radius 2 is 2.11 bits per heavy atom. The van der Waals surface area contributed by atoms with E-state index in [-0.39, 0.29) is 0 Å². The minimum absolute atomic E-state index is 0.940. The van der Waals surface area contributed by atoms with E-state index in [2.05, 4.69) is 44.5 Å². The van der Waals surface area contributed by atoms with Crippen LogP contribution in [0.5, 0.6) is 5.75 Å². The molecule has 96 valence electrons. The predicted octanol–water partition coefficient (Wildman–Crippen LogP) is 3.28. The van der Waals surface area contributed by atoms with Gasteiger partial charge < -0.3 is 9.30 Å². The van der Waals surface area contributed by atoms with Crippen LogP contribution in [0.4, 0.5) is 0 Å². The quantitative estimate of drug-likeness (QED) is 0.866. The van der Waals surface area contributed by atoms with E-state index in [0.29, 0.717) is 0 Å². The lowest BCUT2D eigenvalue weighted by molar-refractivity contribution is 0.411. The van der Waals surface area contributed by atoms with Crippen LogP contribution in [0.2, 0.25) is 0 Å². The highest BCUT2D eigenvalue weighted by molar-refractivity contribution is 9.10. The molecule has 0 saturated heterocycles. The van der Waals surface area contributed by atoms with Gasteiger partial charge in [0, 0.05) is 7.05 Å². The summed E-state index contributed by atoms with van der Waals surface area (Å²) < 4.78 is 8.26. The molecule has 0 fully saturated rings. The molecule has 0 unspecified atom stereocenters. The molecule has 0 saturated carbocycles. The predicted molar refractivity (Wildman–Crippen MR) is 76.0 cm³/mol. The van der Waals surface area contributed by atoms with Crippen LogP contribution in [0.1, 0.15) is 16.8 Å². The van der Waals surface area contributed by atoms with E-state index < -0.39 is 0 Å². The molecule has 0 amide bonds. The van der Waals surface area contributed by atoms with Gasteiger partial charge in [0.1, 0.15) is 10.4 Å². The summed E-state index contributed by atoms with van der Waals surface area (Å²) in [7, 11) is 3.72. The average molecular weight is 309 g/mol. The molecule has 3 nitrogen and oxygen atoms in total. The first-order valence-electron chi connectivity index (χ1n) is 5.91. The lowest BCUT2D eigenvalue weighted by Crippen LogP contribution is -1.99. The number of aromatic nitrogens is 2. The first-order valence-corrected chi connectivity index (χ1v) is 6.70. The third kappa shape index (κ3) is 2.75. The summed E-state index contributed by atoms with van der Waals surface area (Å²) in [6.45, 7) is 2.07. The fourth-order valence-corrected chi connectivity index (χ4v) is 2.63. The topological polar surface area (TPSA) is 27.1 Å². The second-order valence-corrected chi connectivity index (χ2v) is 5.15. The first kappa shape index (κ1) is 13.1. The van der Waals surface area contributed by atoms with Gasteiger partial charge in [-0.1, -0.05) is 12.1 Å². The third-order valence-electron chi connectivity index (χ3n) is 3.12. The number of aryl methyl sites for hydroxylation is 3. The van der Waals surface area contributed by atoms with Crippen LogP contribution in [0.3, 0.4) is 0 Å². The van der Waals surface area contributed by atoms with Gasteiger partial charge in [-0.2, -0.15) is 0 Å². The van der Waals surface area contributed by atoms with Crippen molar-refractivity contribution in [1.82, 2.24) is 9.55 Å². The number of ether oxygens (including phenoxy) is 1. The SMILES string of the molecule is COc1ccc(CCc2c(Br)ncn2C)cc1C. The number of halogens is 1. The van der Waals surface area contributed by atoms with Gasteiger partial charge in [0.2, 0.25) is 0 Å². The Kier molecular flexibility index (Phi) is 4.07. The van der Waals surface area contributed by atoms with Crippen LogP contribution in [0.15, 0.2) is 29.1 Å². The summed E-state index contributed by atoms with van der Waals surface area (Å²) in [6, 6.07) is 6.34. The normalized spacial score (nSPS) is 10.7. The Labute approximate surface area is 116 Å². The van der Waals surface area contributed by atoms with Gasteiger partial charge in [-0.25, -0.2) is 4.98 Å². The van der Waals surface area contributed by atoms with Crippen molar-refractivity contribution in [2.75, 3.05) is 7.11 Å². The Morgan fingerprint density at radius 3 is 2.67 bits per heavy atom. The molecule has 0 N–H and O–H groups in total. The molecule has 0 aliphatic heterocycles. The first-order chi connectivity index (χ1) is 8.61. The van der Waals surface area contributed by atoms with Gasteiger partial charge in [-0.05, 0) is 52.9 Å². The van der Waals surface area contributed by atoms with Crippen molar-refractivity contribution in [2.24, 2.45) is 7.05 Å². The summed E-state index contributed by atoms with van der Waals surface area (Å²) in [4.78, 5) is 4.23. The van der Waals surface area contributed by atoms with E-state index in [9.17, 15) is 0 Å². The Bertz CT molecular complexity index is 529. The number of methoxy groups -OCH3 is 1. The van der Waals surface area contributed by atoms with E-state index in [1.807, 2.05) is 19.4 Å². The highest BCUT2D eigenvalue weighted by Crippen LogP contribution is 2.21. The molecular formula is C14H17BrN2O. The summed E-state index contributed by atoms with van der Waals surface area (Å²) in [5.74, 6) is 0.945. The lowest BCUT2D eigenvalue weighted by Gasteiger charge is -2.08. The molecular weight excluding hydrogens is 292 g/mol. The fraction of sp³-hybridized carbons (Fsp3) is 0.357. The van der Waals surface area contributed by atoms with Crippen molar-refractivity contribution in [3.05, 3.63) is 46.0 Å². The zero-order valence-electron chi connectivity index (χ0n) is 10.9. The molecule has 1 aromatic heterocycles. The molecule has 1 aromatic carbocycles. The molecule has 4 heteroatoms. The Hall–Kier alpha value is -1.29. The molecule has 0 atom stereocenters. The summed E-state index contributed by atoms with van der Waals surface area (Å²) in [5, 5.41) is 0. The second kappa shape index (κ2) is 5.57. The van der Waals surface area contributed by atoms with E-state index in [1.54, 1.807) is 7.11 Å². The molecule has 18 heavy (non-hydrogen) atoms. The van der Waals surface area contributed by atoms with Gasteiger partial charge in [0.25, 0.3) is 0 Å². The van der Waals surface area contributed by atoms with Crippen LogP contribution in [0.25, 0.3) is 0 Å². The number of nitrogens with zero attached hydrogens (tertiary/aromatic N) is 2. The molecule has 0 aliphatic rings. The largest absolute Gasteiger partial charge is 0.496 e. The molecule has 0 radical (unpaired) electrons. The molecule has 0 aliphatic carbocycles. The van der Waals surface area contributed by atoms with Crippen LogP contribution >= 0.6 is 15.9 Å². The maximum absolute atomic E-state index is 5.27. The highest BCUT2D eigenvalue weighted by Gasteiger charge is 2.07. The zero-order valence-corrected chi connectivity index (χ0v) is 12.5. The Morgan fingerprint density at radius 1 is 1.33 bits per heavy atom.